The third-order valence-corrected chi connectivity index (χ3v) is 4.27. The Kier molecular flexibility index (Phi) is 5.28. The first kappa shape index (κ1) is 17.3. The molecule has 1 N–H and O–H groups in total. The Morgan fingerprint density at radius 3 is 2.96 bits per heavy atom. The van der Waals surface area contributed by atoms with Gasteiger partial charge in [-0.15, -0.1) is 10.2 Å². The van der Waals surface area contributed by atoms with Crippen LogP contribution in [0.3, 0.4) is 0 Å². The average molecular weight is 345 g/mol. The minimum atomic E-state index is -0.161. The molecule has 8 nitrogen and oxygen atoms in total. The van der Waals surface area contributed by atoms with E-state index in [-0.39, 0.29) is 18.1 Å². The van der Waals surface area contributed by atoms with Gasteiger partial charge in [0.2, 0.25) is 5.88 Å². The second kappa shape index (κ2) is 7.60. The molecule has 2 aromatic heterocycles. The van der Waals surface area contributed by atoms with Gasteiger partial charge in [-0.1, -0.05) is 0 Å². The van der Waals surface area contributed by atoms with Crippen molar-refractivity contribution in [3.8, 4) is 11.7 Å². The minimum Gasteiger partial charge on any atom is -0.477 e. The van der Waals surface area contributed by atoms with Crippen LogP contribution < -0.4 is 10.1 Å². The summed E-state index contributed by atoms with van der Waals surface area (Å²) < 4.78 is 12.5. The first-order valence-electron chi connectivity index (χ1n) is 8.54. The highest BCUT2D eigenvalue weighted by Gasteiger charge is 2.25. The summed E-state index contributed by atoms with van der Waals surface area (Å²) in [6.07, 6.45) is 3.64. The van der Waals surface area contributed by atoms with Gasteiger partial charge < -0.3 is 14.8 Å². The molecule has 0 unspecified atom stereocenters. The highest BCUT2D eigenvalue weighted by molar-refractivity contribution is 5.95. The van der Waals surface area contributed by atoms with Gasteiger partial charge in [0.05, 0.1) is 36.2 Å². The first-order valence-corrected chi connectivity index (χ1v) is 8.54. The van der Waals surface area contributed by atoms with Crippen LogP contribution in [0.2, 0.25) is 0 Å². The van der Waals surface area contributed by atoms with Crippen LogP contribution in [0, 0.1) is 6.92 Å². The molecule has 0 radical (unpaired) electrons. The largest absolute Gasteiger partial charge is 0.477 e. The number of ether oxygens (including phenoxy) is 2. The van der Waals surface area contributed by atoms with Gasteiger partial charge in [0.25, 0.3) is 5.91 Å². The lowest BCUT2D eigenvalue weighted by Gasteiger charge is -2.19. The monoisotopic (exact) mass is 345 g/mol. The molecule has 1 amide bonds. The highest BCUT2D eigenvalue weighted by atomic mass is 16.5. The lowest BCUT2D eigenvalue weighted by Crippen LogP contribution is -2.40. The Labute approximate surface area is 146 Å². The Morgan fingerprint density at radius 2 is 2.32 bits per heavy atom. The van der Waals surface area contributed by atoms with Crippen molar-refractivity contribution in [3.63, 3.8) is 0 Å². The van der Waals surface area contributed by atoms with E-state index in [2.05, 4.69) is 20.6 Å². The quantitative estimate of drug-likeness (QED) is 0.856. The number of nitrogens with zero attached hydrogens (tertiary/aromatic N) is 4. The van der Waals surface area contributed by atoms with E-state index < -0.39 is 0 Å². The van der Waals surface area contributed by atoms with Crippen molar-refractivity contribution in [2.75, 3.05) is 13.2 Å². The molecule has 3 rings (SSSR count). The molecule has 0 aliphatic carbocycles. The highest BCUT2D eigenvalue weighted by Crippen LogP contribution is 2.17. The number of amides is 1. The van der Waals surface area contributed by atoms with E-state index >= 15 is 0 Å². The van der Waals surface area contributed by atoms with Crippen molar-refractivity contribution in [1.82, 2.24) is 25.3 Å². The molecule has 2 aromatic rings. The van der Waals surface area contributed by atoms with Crippen LogP contribution in [-0.4, -0.2) is 51.2 Å². The van der Waals surface area contributed by atoms with E-state index in [0.717, 1.165) is 19.4 Å². The molecule has 3 heterocycles. The Morgan fingerprint density at radius 1 is 1.48 bits per heavy atom. The van der Waals surface area contributed by atoms with Crippen molar-refractivity contribution in [2.45, 2.75) is 45.8 Å². The van der Waals surface area contributed by atoms with Crippen molar-refractivity contribution in [1.29, 1.82) is 0 Å². The van der Waals surface area contributed by atoms with Crippen LogP contribution in [0.1, 0.15) is 42.7 Å². The molecule has 1 aliphatic rings. The molecule has 134 valence electrons. The fraction of sp³-hybridized carbons (Fsp3) is 0.529. The third-order valence-electron chi connectivity index (χ3n) is 4.27. The van der Waals surface area contributed by atoms with Gasteiger partial charge in [-0.25, -0.2) is 4.68 Å². The summed E-state index contributed by atoms with van der Waals surface area (Å²) in [6.45, 7) is 6.97. The SMILES string of the molecule is CCOc1ccc(-n2ncc(C(=O)N[C@@H](C)[C@H]3CCCO3)c2C)nn1. The van der Waals surface area contributed by atoms with Gasteiger partial charge >= 0.3 is 0 Å². The normalized spacial score (nSPS) is 18.1. The van der Waals surface area contributed by atoms with Crippen molar-refractivity contribution < 1.29 is 14.3 Å². The molecule has 8 heteroatoms. The topological polar surface area (TPSA) is 91.2 Å². The fourth-order valence-corrected chi connectivity index (χ4v) is 2.89. The van der Waals surface area contributed by atoms with E-state index in [1.165, 1.54) is 0 Å². The van der Waals surface area contributed by atoms with Crippen molar-refractivity contribution in [3.05, 3.63) is 29.6 Å². The summed E-state index contributed by atoms with van der Waals surface area (Å²) >= 11 is 0. The van der Waals surface area contributed by atoms with Crippen LogP contribution in [0.15, 0.2) is 18.3 Å². The minimum absolute atomic E-state index is 0.0389. The van der Waals surface area contributed by atoms with Crippen molar-refractivity contribution >= 4 is 5.91 Å². The van der Waals surface area contributed by atoms with Gasteiger partial charge in [-0.05, 0) is 39.7 Å². The van der Waals surface area contributed by atoms with E-state index in [9.17, 15) is 4.79 Å². The van der Waals surface area contributed by atoms with E-state index in [1.54, 1.807) is 23.0 Å². The Balaban J connectivity index is 1.72. The van der Waals surface area contributed by atoms with Gasteiger partial charge in [0, 0.05) is 12.7 Å². The summed E-state index contributed by atoms with van der Waals surface area (Å²) in [4.78, 5) is 12.5. The Hall–Kier alpha value is -2.48. The summed E-state index contributed by atoms with van der Waals surface area (Å²) in [5.74, 6) is 0.831. The van der Waals surface area contributed by atoms with Gasteiger partial charge in [-0.3, -0.25) is 4.79 Å². The van der Waals surface area contributed by atoms with Gasteiger partial charge in [0.15, 0.2) is 5.82 Å². The van der Waals surface area contributed by atoms with Crippen LogP contribution in [0.25, 0.3) is 5.82 Å². The van der Waals surface area contributed by atoms with E-state index in [0.29, 0.717) is 29.6 Å². The second-order valence-corrected chi connectivity index (χ2v) is 6.03. The summed E-state index contributed by atoms with van der Waals surface area (Å²) in [7, 11) is 0. The molecule has 0 aromatic carbocycles. The standard InChI is InChI=1S/C17H23N5O3/c1-4-24-16-8-7-15(20-21-16)22-12(3)13(10-18-22)17(23)19-11(2)14-6-5-9-25-14/h7-8,10-11,14H,4-6,9H2,1-3H3,(H,19,23)/t11-,14+/m0/s1. The number of hydrogen-bond donors (Lipinski definition) is 1. The maximum atomic E-state index is 12.5. The number of carbonyl (C=O) groups is 1. The zero-order chi connectivity index (χ0) is 17.8. The number of rotatable bonds is 6. The molecule has 0 spiro atoms. The molecule has 0 bridgehead atoms. The molecule has 0 saturated carbocycles. The average Bonchev–Trinajstić information content (AvgIpc) is 3.26. The smallest absolute Gasteiger partial charge is 0.255 e. The first-order chi connectivity index (χ1) is 12.1. The lowest BCUT2D eigenvalue weighted by molar-refractivity contribution is 0.0712. The summed E-state index contributed by atoms with van der Waals surface area (Å²) in [5.41, 5.74) is 1.22. The Bertz CT molecular complexity index is 722. The lowest BCUT2D eigenvalue weighted by atomic mass is 10.1. The summed E-state index contributed by atoms with van der Waals surface area (Å²) in [6, 6.07) is 3.45. The molecule has 1 saturated heterocycles. The number of nitrogens with one attached hydrogen (secondary N) is 1. The molecular formula is C17H23N5O3. The van der Waals surface area contributed by atoms with Gasteiger partial charge in [-0.2, -0.15) is 5.10 Å². The van der Waals surface area contributed by atoms with Gasteiger partial charge in [0.1, 0.15) is 0 Å². The summed E-state index contributed by atoms with van der Waals surface area (Å²) in [5, 5.41) is 15.4. The number of hydrogen-bond acceptors (Lipinski definition) is 6. The third kappa shape index (κ3) is 3.79. The number of carbonyl (C=O) groups excluding carboxylic acids is 1. The zero-order valence-electron chi connectivity index (χ0n) is 14.7. The second-order valence-electron chi connectivity index (χ2n) is 6.03. The maximum absolute atomic E-state index is 12.5. The van der Waals surface area contributed by atoms with Crippen molar-refractivity contribution in [2.24, 2.45) is 0 Å². The van der Waals surface area contributed by atoms with E-state index in [4.69, 9.17) is 9.47 Å². The maximum Gasteiger partial charge on any atom is 0.255 e. The predicted octanol–water partition coefficient (Wildman–Crippen LogP) is 1.67. The number of aromatic nitrogens is 4. The predicted molar refractivity (Wildman–Crippen MR) is 91.0 cm³/mol. The van der Waals surface area contributed by atoms with Crippen LogP contribution in [0.4, 0.5) is 0 Å². The van der Waals surface area contributed by atoms with Crippen LogP contribution in [-0.2, 0) is 4.74 Å². The molecule has 1 fully saturated rings. The fourth-order valence-electron chi connectivity index (χ4n) is 2.89. The van der Waals surface area contributed by atoms with E-state index in [1.807, 2.05) is 20.8 Å². The molecular weight excluding hydrogens is 322 g/mol. The molecule has 2 atom stereocenters. The molecule has 25 heavy (non-hydrogen) atoms. The molecule has 1 aliphatic heterocycles. The zero-order valence-corrected chi connectivity index (χ0v) is 14.7. The van der Waals surface area contributed by atoms with Crippen LogP contribution >= 0.6 is 0 Å². The van der Waals surface area contributed by atoms with Crippen LogP contribution in [0.5, 0.6) is 5.88 Å².